The fourth-order valence-corrected chi connectivity index (χ4v) is 2.11. The van der Waals surface area contributed by atoms with Crippen LogP contribution in [0.1, 0.15) is 25.8 Å². The summed E-state index contributed by atoms with van der Waals surface area (Å²) in [7, 11) is 0. The second-order valence-electron chi connectivity index (χ2n) is 4.32. The van der Waals surface area contributed by atoms with E-state index in [-0.39, 0.29) is 0 Å². The third-order valence-corrected chi connectivity index (χ3v) is 3.30. The average Bonchev–Trinajstić information content (AvgIpc) is 2.32. The third kappa shape index (κ3) is 4.97. The Morgan fingerprint density at radius 2 is 1.94 bits per heavy atom. The van der Waals surface area contributed by atoms with Gasteiger partial charge in [0.1, 0.15) is 5.75 Å². The molecule has 0 unspecified atom stereocenters. The van der Waals surface area contributed by atoms with E-state index in [1.54, 1.807) is 4.90 Å². The van der Waals surface area contributed by atoms with Crippen molar-refractivity contribution < 1.29 is 9.64 Å². The van der Waals surface area contributed by atoms with Gasteiger partial charge in [-0.15, -0.1) is 0 Å². The number of halogens is 1. The van der Waals surface area contributed by atoms with E-state index < -0.39 is 0 Å². The van der Waals surface area contributed by atoms with Crippen molar-refractivity contribution in [3.05, 3.63) is 28.8 Å². The lowest BCUT2D eigenvalue weighted by molar-refractivity contribution is -0.896. The smallest absolute Gasteiger partial charge is 0.122 e. The fraction of sp³-hybridized carbons (Fsp3) is 0.571. The third-order valence-electron chi connectivity index (χ3n) is 3.07. The first-order valence-electron chi connectivity index (χ1n) is 6.39. The minimum Gasteiger partial charge on any atom is -0.493 e. The zero-order valence-corrected chi connectivity index (χ0v) is 11.8. The van der Waals surface area contributed by atoms with Crippen molar-refractivity contribution in [3.63, 3.8) is 0 Å². The number of hydrogen-bond acceptors (Lipinski definition) is 1. The molecule has 0 amide bonds. The molecule has 0 saturated carbocycles. The monoisotopic (exact) mass is 256 g/mol. The predicted molar refractivity (Wildman–Crippen MR) is 73.2 cm³/mol. The largest absolute Gasteiger partial charge is 0.493 e. The molecular formula is C14H23ClNO+. The highest BCUT2D eigenvalue weighted by Crippen LogP contribution is 2.21. The number of hydrogen-bond donors (Lipinski definition) is 1. The Labute approximate surface area is 110 Å². The lowest BCUT2D eigenvalue weighted by Gasteiger charge is -2.15. The van der Waals surface area contributed by atoms with Gasteiger partial charge in [0.15, 0.2) is 0 Å². The predicted octanol–water partition coefficient (Wildman–Crippen LogP) is 2.34. The van der Waals surface area contributed by atoms with Crippen molar-refractivity contribution in [1.82, 2.24) is 0 Å². The molecule has 0 aliphatic heterocycles. The summed E-state index contributed by atoms with van der Waals surface area (Å²) in [6, 6.07) is 5.76. The number of aryl methyl sites for hydroxylation is 1. The van der Waals surface area contributed by atoms with Crippen LogP contribution in [0.5, 0.6) is 5.75 Å². The molecule has 1 aromatic carbocycles. The molecule has 0 aliphatic rings. The van der Waals surface area contributed by atoms with Gasteiger partial charge in [0, 0.05) is 11.4 Å². The number of benzene rings is 1. The highest BCUT2D eigenvalue weighted by Gasteiger charge is 2.03. The summed E-state index contributed by atoms with van der Waals surface area (Å²) in [6.07, 6.45) is 1.10. The van der Waals surface area contributed by atoms with Gasteiger partial charge in [-0.3, -0.25) is 0 Å². The van der Waals surface area contributed by atoms with Crippen LogP contribution < -0.4 is 9.64 Å². The van der Waals surface area contributed by atoms with Gasteiger partial charge in [0.25, 0.3) is 0 Å². The van der Waals surface area contributed by atoms with E-state index in [0.29, 0.717) is 0 Å². The van der Waals surface area contributed by atoms with Crippen molar-refractivity contribution in [2.75, 3.05) is 26.2 Å². The molecule has 0 bridgehead atoms. The van der Waals surface area contributed by atoms with Crippen molar-refractivity contribution >= 4 is 11.6 Å². The molecule has 0 aromatic heterocycles. The second-order valence-corrected chi connectivity index (χ2v) is 4.76. The first kappa shape index (κ1) is 14.3. The van der Waals surface area contributed by atoms with Crippen LogP contribution in [-0.4, -0.2) is 26.2 Å². The Kier molecular flexibility index (Phi) is 6.38. The molecule has 0 atom stereocenters. The molecule has 1 N–H and O–H groups in total. The van der Waals surface area contributed by atoms with Crippen molar-refractivity contribution in [3.8, 4) is 5.75 Å². The Bertz CT molecular complexity index is 337. The van der Waals surface area contributed by atoms with E-state index in [2.05, 4.69) is 13.8 Å². The van der Waals surface area contributed by atoms with Gasteiger partial charge in [0.05, 0.1) is 26.2 Å². The lowest BCUT2D eigenvalue weighted by atomic mass is 10.2. The minimum atomic E-state index is 0.766. The number of nitrogens with one attached hydrogen (secondary N) is 1. The molecule has 1 rings (SSSR count). The first-order chi connectivity index (χ1) is 8.17. The van der Waals surface area contributed by atoms with Crippen LogP contribution in [-0.2, 0) is 0 Å². The number of ether oxygens (including phenoxy) is 1. The van der Waals surface area contributed by atoms with Crippen LogP contribution in [0.3, 0.4) is 0 Å². The van der Waals surface area contributed by atoms with E-state index >= 15 is 0 Å². The SMILES string of the molecule is CC[NH+](CC)CCCOc1ccc(Cl)cc1C. The molecule has 3 heteroatoms. The molecule has 0 radical (unpaired) electrons. The summed E-state index contributed by atoms with van der Waals surface area (Å²) < 4.78 is 5.76. The summed E-state index contributed by atoms with van der Waals surface area (Å²) in [6.45, 7) is 10.8. The molecule has 0 saturated heterocycles. The van der Waals surface area contributed by atoms with E-state index in [9.17, 15) is 0 Å². The Morgan fingerprint density at radius 1 is 1.24 bits per heavy atom. The molecule has 0 spiro atoms. The van der Waals surface area contributed by atoms with Crippen LogP contribution in [0.25, 0.3) is 0 Å². The van der Waals surface area contributed by atoms with Crippen LogP contribution in [0.4, 0.5) is 0 Å². The number of rotatable bonds is 7. The van der Waals surface area contributed by atoms with E-state index in [4.69, 9.17) is 16.3 Å². The number of quaternary nitrogens is 1. The van der Waals surface area contributed by atoms with Gasteiger partial charge in [-0.25, -0.2) is 0 Å². The van der Waals surface area contributed by atoms with Crippen molar-refractivity contribution in [1.29, 1.82) is 0 Å². The fourth-order valence-electron chi connectivity index (χ4n) is 1.88. The van der Waals surface area contributed by atoms with E-state index in [1.807, 2.05) is 25.1 Å². The van der Waals surface area contributed by atoms with Gasteiger partial charge in [0.2, 0.25) is 0 Å². The van der Waals surface area contributed by atoms with Crippen molar-refractivity contribution in [2.45, 2.75) is 27.2 Å². The molecule has 0 aliphatic carbocycles. The Hall–Kier alpha value is -0.730. The van der Waals surface area contributed by atoms with Gasteiger partial charge in [-0.2, -0.15) is 0 Å². The van der Waals surface area contributed by atoms with Gasteiger partial charge < -0.3 is 9.64 Å². The maximum Gasteiger partial charge on any atom is 0.122 e. The Morgan fingerprint density at radius 3 is 2.53 bits per heavy atom. The van der Waals surface area contributed by atoms with Crippen LogP contribution in [0.2, 0.25) is 5.02 Å². The molecule has 1 aromatic rings. The molecule has 17 heavy (non-hydrogen) atoms. The summed E-state index contributed by atoms with van der Waals surface area (Å²) in [5, 5.41) is 0.766. The molecule has 96 valence electrons. The maximum absolute atomic E-state index is 5.90. The van der Waals surface area contributed by atoms with Crippen molar-refractivity contribution in [2.24, 2.45) is 0 Å². The summed E-state index contributed by atoms with van der Waals surface area (Å²) >= 11 is 5.90. The second kappa shape index (κ2) is 7.57. The summed E-state index contributed by atoms with van der Waals surface area (Å²) in [5.41, 5.74) is 1.10. The molecule has 0 heterocycles. The first-order valence-corrected chi connectivity index (χ1v) is 6.77. The normalized spacial score (nSPS) is 10.9. The standard InChI is InChI=1S/C14H22ClNO/c1-4-16(5-2)9-6-10-17-14-8-7-13(15)11-12(14)3/h7-8,11H,4-6,9-10H2,1-3H3/p+1. The molecule has 0 fully saturated rings. The minimum absolute atomic E-state index is 0.766. The zero-order chi connectivity index (χ0) is 12.7. The highest BCUT2D eigenvalue weighted by molar-refractivity contribution is 6.30. The maximum atomic E-state index is 5.90. The lowest BCUT2D eigenvalue weighted by Crippen LogP contribution is -3.11. The quantitative estimate of drug-likeness (QED) is 0.740. The van der Waals surface area contributed by atoms with Crippen LogP contribution in [0, 0.1) is 6.92 Å². The van der Waals surface area contributed by atoms with E-state index in [1.165, 1.54) is 19.6 Å². The van der Waals surface area contributed by atoms with Gasteiger partial charge >= 0.3 is 0 Å². The molecular weight excluding hydrogens is 234 g/mol. The topological polar surface area (TPSA) is 13.7 Å². The van der Waals surface area contributed by atoms with Gasteiger partial charge in [-0.1, -0.05) is 11.6 Å². The Balaban J connectivity index is 2.31. The summed E-state index contributed by atoms with van der Waals surface area (Å²) in [5.74, 6) is 0.948. The zero-order valence-electron chi connectivity index (χ0n) is 11.1. The van der Waals surface area contributed by atoms with Gasteiger partial charge in [-0.05, 0) is 44.5 Å². The summed E-state index contributed by atoms with van der Waals surface area (Å²) in [4.78, 5) is 1.63. The average molecular weight is 257 g/mol. The van der Waals surface area contributed by atoms with Crippen LogP contribution >= 0.6 is 11.6 Å². The molecule has 2 nitrogen and oxygen atoms in total. The van der Waals surface area contributed by atoms with E-state index in [0.717, 1.165) is 29.4 Å². The highest BCUT2D eigenvalue weighted by atomic mass is 35.5. The van der Waals surface area contributed by atoms with Crippen LogP contribution in [0.15, 0.2) is 18.2 Å².